The van der Waals surface area contributed by atoms with E-state index in [0.717, 1.165) is 19.4 Å². The highest BCUT2D eigenvalue weighted by atomic mass is 16.4. The highest BCUT2D eigenvalue weighted by Crippen LogP contribution is 2.23. The molecule has 1 aromatic heterocycles. The fourth-order valence-corrected chi connectivity index (χ4v) is 2.32. The van der Waals surface area contributed by atoms with Crippen LogP contribution in [0.4, 0.5) is 0 Å². The van der Waals surface area contributed by atoms with Crippen molar-refractivity contribution in [1.29, 1.82) is 0 Å². The molecule has 7 heteroatoms. The van der Waals surface area contributed by atoms with E-state index < -0.39 is 5.97 Å². The number of aromatic nitrogens is 3. The summed E-state index contributed by atoms with van der Waals surface area (Å²) in [6, 6.07) is -0.102. The van der Waals surface area contributed by atoms with Crippen LogP contribution in [0.25, 0.3) is 0 Å². The molecular weight excluding hydrogens is 236 g/mol. The fourth-order valence-electron chi connectivity index (χ4n) is 2.32. The number of nitrogens with zero attached hydrogens (tertiary/aromatic N) is 4. The second kappa shape index (κ2) is 4.75. The number of piperidine rings is 1. The predicted molar refractivity (Wildman–Crippen MR) is 62.2 cm³/mol. The van der Waals surface area contributed by atoms with Gasteiger partial charge in [0.1, 0.15) is 0 Å². The Morgan fingerprint density at radius 2 is 2.17 bits per heavy atom. The SMILES string of the molecule is CC(=O)N1CCCC(n2nnc(C)c2C(=O)O)C1. The molecule has 1 atom stereocenters. The van der Waals surface area contributed by atoms with Gasteiger partial charge in [0.15, 0.2) is 5.69 Å². The Balaban J connectivity index is 2.26. The number of amides is 1. The van der Waals surface area contributed by atoms with Crippen molar-refractivity contribution in [3.05, 3.63) is 11.4 Å². The molecule has 1 fully saturated rings. The summed E-state index contributed by atoms with van der Waals surface area (Å²) >= 11 is 0. The van der Waals surface area contributed by atoms with Gasteiger partial charge in [0.05, 0.1) is 11.7 Å². The van der Waals surface area contributed by atoms with E-state index in [1.807, 2.05) is 0 Å². The number of carbonyl (C=O) groups is 2. The van der Waals surface area contributed by atoms with Gasteiger partial charge in [0.25, 0.3) is 0 Å². The van der Waals surface area contributed by atoms with Crippen molar-refractivity contribution in [3.8, 4) is 0 Å². The number of carbonyl (C=O) groups excluding carboxylic acids is 1. The van der Waals surface area contributed by atoms with Crippen LogP contribution < -0.4 is 0 Å². The zero-order valence-electron chi connectivity index (χ0n) is 10.5. The summed E-state index contributed by atoms with van der Waals surface area (Å²) in [6.07, 6.45) is 1.66. The van der Waals surface area contributed by atoms with E-state index in [9.17, 15) is 9.59 Å². The lowest BCUT2D eigenvalue weighted by atomic mass is 10.1. The van der Waals surface area contributed by atoms with Crippen molar-refractivity contribution in [2.45, 2.75) is 32.7 Å². The summed E-state index contributed by atoms with van der Waals surface area (Å²) in [5.74, 6) is -1.02. The Morgan fingerprint density at radius 1 is 1.44 bits per heavy atom. The van der Waals surface area contributed by atoms with E-state index >= 15 is 0 Å². The van der Waals surface area contributed by atoms with Gasteiger partial charge in [-0.1, -0.05) is 5.21 Å². The first-order valence-electron chi connectivity index (χ1n) is 5.91. The van der Waals surface area contributed by atoms with E-state index in [1.54, 1.807) is 11.8 Å². The number of carboxylic acid groups (broad SMARTS) is 1. The summed E-state index contributed by atoms with van der Waals surface area (Å²) < 4.78 is 1.44. The monoisotopic (exact) mass is 252 g/mol. The summed E-state index contributed by atoms with van der Waals surface area (Å²) in [4.78, 5) is 24.3. The average molecular weight is 252 g/mol. The van der Waals surface area contributed by atoms with Gasteiger partial charge in [0, 0.05) is 20.0 Å². The molecule has 0 spiro atoms. The van der Waals surface area contributed by atoms with Gasteiger partial charge < -0.3 is 10.0 Å². The largest absolute Gasteiger partial charge is 0.476 e. The first-order chi connectivity index (χ1) is 8.50. The Morgan fingerprint density at radius 3 is 2.78 bits per heavy atom. The van der Waals surface area contributed by atoms with E-state index in [-0.39, 0.29) is 17.6 Å². The van der Waals surface area contributed by atoms with Crippen molar-refractivity contribution in [2.75, 3.05) is 13.1 Å². The number of carboxylic acids is 1. The molecule has 18 heavy (non-hydrogen) atoms. The highest BCUT2D eigenvalue weighted by Gasteiger charge is 2.28. The zero-order chi connectivity index (χ0) is 13.3. The molecule has 0 bridgehead atoms. The molecule has 1 aliphatic heterocycles. The molecule has 1 unspecified atom stereocenters. The maximum atomic E-state index is 11.4. The van der Waals surface area contributed by atoms with Crippen LogP contribution in [-0.2, 0) is 4.79 Å². The molecule has 7 nitrogen and oxygen atoms in total. The van der Waals surface area contributed by atoms with Crippen LogP contribution in [0, 0.1) is 6.92 Å². The quantitative estimate of drug-likeness (QED) is 0.826. The fraction of sp³-hybridized carbons (Fsp3) is 0.636. The number of hydrogen-bond acceptors (Lipinski definition) is 4. The van der Waals surface area contributed by atoms with E-state index in [4.69, 9.17) is 5.11 Å². The molecule has 0 aromatic carbocycles. The second-order valence-corrected chi connectivity index (χ2v) is 4.53. The minimum absolute atomic E-state index is 0.00779. The van der Waals surface area contributed by atoms with Gasteiger partial charge >= 0.3 is 5.97 Å². The van der Waals surface area contributed by atoms with Gasteiger partial charge in [-0.15, -0.1) is 5.10 Å². The topological polar surface area (TPSA) is 88.3 Å². The zero-order valence-corrected chi connectivity index (χ0v) is 10.5. The maximum Gasteiger partial charge on any atom is 0.356 e. The van der Waals surface area contributed by atoms with Gasteiger partial charge in [-0.05, 0) is 19.8 Å². The van der Waals surface area contributed by atoms with Crippen LogP contribution in [0.2, 0.25) is 0 Å². The van der Waals surface area contributed by atoms with Crippen LogP contribution >= 0.6 is 0 Å². The average Bonchev–Trinajstić information content (AvgIpc) is 2.71. The summed E-state index contributed by atoms with van der Waals surface area (Å²) in [5.41, 5.74) is 0.521. The normalized spacial score (nSPS) is 19.9. The molecule has 2 rings (SSSR count). The number of aromatic carboxylic acids is 1. The van der Waals surface area contributed by atoms with Crippen molar-refractivity contribution < 1.29 is 14.7 Å². The molecule has 1 saturated heterocycles. The summed E-state index contributed by atoms with van der Waals surface area (Å²) in [5, 5.41) is 16.9. The first kappa shape index (κ1) is 12.5. The molecule has 1 aromatic rings. The second-order valence-electron chi connectivity index (χ2n) is 4.53. The van der Waals surface area contributed by atoms with Crippen molar-refractivity contribution in [2.24, 2.45) is 0 Å². The number of likely N-dealkylation sites (tertiary alicyclic amines) is 1. The third-order valence-corrected chi connectivity index (χ3v) is 3.25. The lowest BCUT2D eigenvalue weighted by Gasteiger charge is -2.32. The molecular formula is C11H16N4O3. The van der Waals surface area contributed by atoms with Crippen molar-refractivity contribution >= 4 is 11.9 Å². The third kappa shape index (κ3) is 2.20. The standard InChI is InChI=1S/C11H16N4O3/c1-7-10(11(17)18)15(13-12-7)9-4-3-5-14(6-9)8(2)16/h9H,3-6H2,1-2H3,(H,17,18). The molecule has 0 aliphatic carbocycles. The Labute approximate surface area is 104 Å². The van der Waals surface area contributed by atoms with Gasteiger partial charge in [-0.3, -0.25) is 4.79 Å². The Kier molecular flexibility index (Phi) is 3.31. The minimum Gasteiger partial charge on any atom is -0.476 e. The molecule has 1 amide bonds. The minimum atomic E-state index is -1.03. The molecule has 0 saturated carbocycles. The molecule has 0 radical (unpaired) electrons. The molecule has 98 valence electrons. The van der Waals surface area contributed by atoms with Gasteiger partial charge in [0.2, 0.25) is 5.91 Å². The highest BCUT2D eigenvalue weighted by molar-refractivity contribution is 5.86. The van der Waals surface area contributed by atoms with Crippen molar-refractivity contribution in [3.63, 3.8) is 0 Å². The maximum absolute atomic E-state index is 11.4. The smallest absolute Gasteiger partial charge is 0.356 e. The lowest BCUT2D eigenvalue weighted by molar-refractivity contribution is -0.130. The predicted octanol–water partition coefficient (Wildman–Crippen LogP) is 0.468. The number of hydrogen-bond donors (Lipinski definition) is 1. The molecule has 2 heterocycles. The number of aryl methyl sites for hydroxylation is 1. The van der Waals surface area contributed by atoms with Crippen LogP contribution in [0.5, 0.6) is 0 Å². The van der Waals surface area contributed by atoms with Gasteiger partial charge in [-0.25, -0.2) is 9.48 Å². The van der Waals surface area contributed by atoms with Crippen LogP contribution in [-0.4, -0.2) is 50.0 Å². The molecule has 1 aliphatic rings. The van der Waals surface area contributed by atoms with Crippen LogP contribution in [0.3, 0.4) is 0 Å². The summed E-state index contributed by atoms with van der Waals surface area (Å²) in [7, 11) is 0. The number of rotatable bonds is 2. The Bertz CT molecular complexity index is 483. The third-order valence-electron chi connectivity index (χ3n) is 3.25. The summed E-state index contributed by atoms with van der Waals surface area (Å²) in [6.45, 7) is 4.37. The Hall–Kier alpha value is -1.92. The molecule has 1 N–H and O–H groups in total. The van der Waals surface area contributed by atoms with Crippen LogP contribution in [0.15, 0.2) is 0 Å². The van der Waals surface area contributed by atoms with Gasteiger partial charge in [-0.2, -0.15) is 0 Å². The van der Waals surface area contributed by atoms with Crippen LogP contribution in [0.1, 0.15) is 42.0 Å². The van der Waals surface area contributed by atoms with E-state index in [0.29, 0.717) is 12.2 Å². The lowest BCUT2D eigenvalue weighted by Crippen LogP contribution is -2.40. The van der Waals surface area contributed by atoms with E-state index in [1.165, 1.54) is 11.6 Å². The first-order valence-corrected chi connectivity index (χ1v) is 5.91. The van der Waals surface area contributed by atoms with Crippen molar-refractivity contribution in [1.82, 2.24) is 19.9 Å². The van der Waals surface area contributed by atoms with E-state index in [2.05, 4.69) is 10.3 Å².